The molecule has 0 aliphatic rings. The molecule has 9 heavy (non-hydrogen) atoms. The number of hydrogen-bond donors (Lipinski definition) is 0. The normalized spacial score (nSPS) is 11.6. The van der Waals surface area contributed by atoms with Crippen LogP contribution in [0.25, 0.3) is 0 Å². The Morgan fingerprint density at radius 2 is 2.22 bits per heavy atom. The minimum atomic E-state index is -0.0625. The van der Waals surface area contributed by atoms with Gasteiger partial charge in [0, 0.05) is 0 Å². The Morgan fingerprint density at radius 3 is 2.33 bits per heavy atom. The molecule has 0 bridgehead atoms. The van der Waals surface area contributed by atoms with Crippen molar-refractivity contribution in [2.45, 2.75) is 18.4 Å². The molecule has 0 spiro atoms. The molecule has 51 valence electrons. The summed E-state index contributed by atoms with van der Waals surface area (Å²) >= 11 is 0.985. The summed E-state index contributed by atoms with van der Waals surface area (Å²) in [6.45, 7) is 4.20. The molecule has 0 aromatic rings. The zero-order chi connectivity index (χ0) is 6.57. The van der Waals surface area contributed by atoms with Crippen molar-refractivity contribution < 1.29 is 27.8 Å². The molecule has 1 unspecified atom stereocenters. The van der Waals surface area contributed by atoms with Crippen molar-refractivity contribution in [1.29, 1.82) is 0 Å². The maximum absolute atomic E-state index is 10.6. The number of carbonyl (C=O) groups is 1. The second kappa shape index (κ2) is 6.69. The van der Waals surface area contributed by atoms with Crippen molar-refractivity contribution in [2.75, 3.05) is 6.61 Å². The summed E-state index contributed by atoms with van der Waals surface area (Å²) in [5.41, 5.74) is 0. The van der Waals surface area contributed by atoms with Gasteiger partial charge in [0.1, 0.15) is 0 Å². The van der Waals surface area contributed by atoms with Gasteiger partial charge in [-0.1, -0.05) is 0 Å². The summed E-state index contributed by atoms with van der Waals surface area (Å²) in [5, 5.41) is 0. The third-order valence-electron chi connectivity index (χ3n) is 0.689. The van der Waals surface area contributed by atoms with Crippen LogP contribution in [-0.2, 0) is 27.8 Å². The van der Waals surface area contributed by atoms with Crippen molar-refractivity contribution in [1.82, 2.24) is 0 Å². The zero-order valence-electron chi connectivity index (χ0n) is 5.72. The Labute approximate surface area is 75.8 Å². The Kier molecular flexibility index (Phi) is 9.12. The van der Waals surface area contributed by atoms with Gasteiger partial charge in [-0.15, -0.1) is 17.0 Å². The second-order valence-corrected chi connectivity index (χ2v) is 4.22. The molecule has 0 aromatic heterocycles. The molecule has 4 heteroatoms. The summed E-state index contributed by atoms with van der Waals surface area (Å²) in [7, 11) is 0. The standard InChI is InChI=1S/C5H9O2.BrH.Zn/c1-3-5(6)7-4-2;;/h3H,4H2,1-2H3;1H;. The molecule has 0 radical (unpaired) electrons. The summed E-state index contributed by atoms with van der Waals surface area (Å²) in [5.74, 6) is -0.0625. The molecule has 0 saturated carbocycles. The monoisotopic (exact) mass is 245 g/mol. The predicted molar refractivity (Wildman–Crippen MR) is 36.4 cm³/mol. The van der Waals surface area contributed by atoms with Crippen LogP contribution in [0.1, 0.15) is 13.8 Å². The first-order valence-corrected chi connectivity index (χ1v) is 4.39. The molecule has 0 aliphatic heterocycles. The van der Waals surface area contributed by atoms with Crippen LogP contribution >= 0.6 is 17.0 Å². The van der Waals surface area contributed by atoms with Gasteiger partial charge in [0.05, 0.1) is 0 Å². The SMILES string of the molecule is Br.CCOC(=O)[CH](C)[Zn]. The summed E-state index contributed by atoms with van der Waals surface area (Å²) < 4.78 is 4.83. The number of esters is 1. The van der Waals surface area contributed by atoms with Gasteiger partial charge in [0.2, 0.25) is 0 Å². The molecule has 0 aromatic carbocycles. The molecule has 0 aliphatic carbocycles. The molecule has 0 amide bonds. The molecular weight excluding hydrogens is 237 g/mol. The third kappa shape index (κ3) is 6.46. The molecule has 0 saturated heterocycles. The Bertz CT molecular complexity index is 85.0. The fraction of sp³-hybridized carbons (Fsp3) is 0.800. The quantitative estimate of drug-likeness (QED) is 0.546. The number of halogens is 1. The minimum absolute atomic E-state index is 0. The van der Waals surface area contributed by atoms with Crippen LogP contribution in [0.15, 0.2) is 0 Å². The van der Waals surface area contributed by atoms with Crippen molar-refractivity contribution in [3.63, 3.8) is 0 Å². The topological polar surface area (TPSA) is 26.3 Å². The van der Waals surface area contributed by atoms with Crippen molar-refractivity contribution in [2.24, 2.45) is 0 Å². The molecule has 0 rings (SSSR count). The van der Waals surface area contributed by atoms with E-state index in [4.69, 9.17) is 4.74 Å². The van der Waals surface area contributed by atoms with Crippen molar-refractivity contribution in [3.8, 4) is 0 Å². The Balaban J connectivity index is 0. The van der Waals surface area contributed by atoms with Crippen LogP contribution in [0.3, 0.4) is 0 Å². The van der Waals surface area contributed by atoms with E-state index in [0.717, 1.165) is 18.3 Å². The van der Waals surface area contributed by atoms with E-state index in [9.17, 15) is 4.79 Å². The van der Waals surface area contributed by atoms with Crippen LogP contribution in [0, 0.1) is 0 Å². The summed E-state index contributed by atoms with van der Waals surface area (Å²) in [4.78, 5) is 10.6. The van der Waals surface area contributed by atoms with E-state index in [0.29, 0.717) is 6.61 Å². The average Bonchev–Trinajstić information content (AvgIpc) is 1.67. The van der Waals surface area contributed by atoms with E-state index in [1.54, 1.807) is 0 Å². The average molecular weight is 247 g/mol. The molecular formula is C5H10BrO2Zn. The number of ether oxygens (including phenoxy) is 1. The second-order valence-electron chi connectivity index (χ2n) is 1.65. The zero-order valence-corrected chi connectivity index (χ0v) is 10.4. The molecule has 0 fully saturated rings. The molecule has 0 N–H and O–H groups in total. The van der Waals surface area contributed by atoms with Gasteiger partial charge >= 0.3 is 58.8 Å². The van der Waals surface area contributed by atoms with E-state index >= 15 is 0 Å². The van der Waals surface area contributed by atoms with E-state index < -0.39 is 0 Å². The van der Waals surface area contributed by atoms with Gasteiger partial charge in [-0.05, 0) is 0 Å². The fourth-order valence-corrected chi connectivity index (χ4v) is 0.532. The first-order valence-electron chi connectivity index (χ1n) is 2.68. The van der Waals surface area contributed by atoms with Crippen LogP contribution in [0.5, 0.6) is 0 Å². The summed E-state index contributed by atoms with van der Waals surface area (Å²) in [6, 6.07) is 0. The first-order chi connectivity index (χ1) is 3.68. The number of carbonyl (C=O) groups excluding carboxylic acids is 1. The molecule has 2 nitrogen and oxygen atoms in total. The van der Waals surface area contributed by atoms with Gasteiger partial charge in [0.15, 0.2) is 0 Å². The van der Waals surface area contributed by atoms with Gasteiger partial charge in [-0.2, -0.15) is 0 Å². The van der Waals surface area contributed by atoms with Gasteiger partial charge in [-0.25, -0.2) is 0 Å². The number of hydrogen-bond acceptors (Lipinski definition) is 2. The molecule has 0 heterocycles. The van der Waals surface area contributed by atoms with Crippen molar-refractivity contribution in [3.05, 3.63) is 0 Å². The Hall–Kier alpha value is 0.573. The Morgan fingerprint density at radius 1 is 1.78 bits per heavy atom. The van der Waals surface area contributed by atoms with Crippen LogP contribution in [0.4, 0.5) is 0 Å². The van der Waals surface area contributed by atoms with Crippen LogP contribution in [0.2, 0.25) is 4.51 Å². The van der Waals surface area contributed by atoms with Crippen LogP contribution < -0.4 is 0 Å². The number of rotatable bonds is 2. The third-order valence-corrected chi connectivity index (χ3v) is 1.39. The van der Waals surface area contributed by atoms with Gasteiger partial charge in [-0.3, -0.25) is 0 Å². The van der Waals surface area contributed by atoms with E-state index in [-0.39, 0.29) is 27.5 Å². The maximum atomic E-state index is 10.6. The van der Waals surface area contributed by atoms with Gasteiger partial charge in [0.25, 0.3) is 0 Å². The van der Waals surface area contributed by atoms with Crippen LogP contribution in [-0.4, -0.2) is 12.6 Å². The van der Waals surface area contributed by atoms with Gasteiger partial charge < -0.3 is 0 Å². The fourth-order valence-electron chi connectivity index (χ4n) is 0.285. The molecule has 1 atom stereocenters. The van der Waals surface area contributed by atoms with Crippen molar-refractivity contribution >= 4 is 23.0 Å². The predicted octanol–water partition coefficient (Wildman–Crippen LogP) is 1.48. The van der Waals surface area contributed by atoms with E-state index in [1.165, 1.54) is 0 Å². The van der Waals surface area contributed by atoms with E-state index in [2.05, 4.69) is 0 Å². The first kappa shape index (κ1) is 12.3. The summed E-state index contributed by atoms with van der Waals surface area (Å²) in [6.07, 6.45) is 0. The van der Waals surface area contributed by atoms with E-state index in [1.807, 2.05) is 13.8 Å².